The second kappa shape index (κ2) is 7.17. The van der Waals surface area contributed by atoms with Gasteiger partial charge in [0.05, 0.1) is 5.69 Å². The van der Waals surface area contributed by atoms with Gasteiger partial charge < -0.3 is 10.1 Å². The van der Waals surface area contributed by atoms with E-state index in [0.29, 0.717) is 15.8 Å². The lowest BCUT2D eigenvalue weighted by atomic mass is 10.2. The Balaban J connectivity index is 2.08. The Bertz CT molecular complexity index is 701. The van der Waals surface area contributed by atoms with Crippen molar-refractivity contribution in [1.82, 2.24) is 0 Å². The Labute approximate surface area is 135 Å². The highest BCUT2D eigenvalue weighted by molar-refractivity contribution is 9.10. The number of carbonyl (C=O) groups excluding carboxylic acids is 2. The zero-order valence-corrected chi connectivity index (χ0v) is 13.3. The van der Waals surface area contributed by atoms with E-state index in [-0.39, 0.29) is 18.1 Å². The van der Waals surface area contributed by atoms with Crippen molar-refractivity contribution in [2.75, 3.05) is 5.32 Å². The van der Waals surface area contributed by atoms with E-state index in [1.165, 1.54) is 36.4 Å². The number of hydrogen-bond acceptors (Lipinski definition) is 3. The summed E-state index contributed by atoms with van der Waals surface area (Å²) in [6.45, 7) is 1.69. The van der Waals surface area contributed by atoms with E-state index < -0.39 is 11.7 Å². The summed E-state index contributed by atoms with van der Waals surface area (Å²) in [5.41, 5.74) is 0.424. The van der Waals surface area contributed by atoms with Crippen LogP contribution in [0.5, 0.6) is 5.75 Å². The minimum atomic E-state index is -0.531. The molecule has 0 bridgehead atoms. The van der Waals surface area contributed by atoms with Crippen LogP contribution in [0.15, 0.2) is 46.9 Å². The van der Waals surface area contributed by atoms with Gasteiger partial charge in [-0.2, -0.15) is 0 Å². The summed E-state index contributed by atoms with van der Waals surface area (Å²) in [7, 11) is 0. The standard InChI is InChI=1S/C16H13BrFNO3/c1-2-15(20)22-12-6-3-10(4-7-12)16(21)19-14-8-5-11(17)9-13(14)18/h3-9H,2H2,1H3,(H,19,21). The average molecular weight is 366 g/mol. The minimum absolute atomic E-state index is 0.0923. The molecule has 0 saturated heterocycles. The van der Waals surface area contributed by atoms with Crippen LogP contribution < -0.4 is 10.1 Å². The molecule has 0 aliphatic heterocycles. The minimum Gasteiger partial charge on any atom is -0.427 e. The summed E-state index contributed by atoms with van der Waals surface area (Å²) < 4.78 is 19.3. The van der Waals surface area contributed by atoms with Gasteiger partial charge in [-0.15, -0.1) is 0 Å². The molecule has 0 heterocycles. The molecular formula is C16H13BrFNO3. The van der Waals surface area contributed by atoms with Crippen LogP contribution in [0.25, 0.3) is 0 Å². The maximum absolute atomic E-state index is 13.7. The molecule has 1 N–H and O–H groups in total. The Hall–Kier alpha value is -2.21. The van der Waals surface area contributed by atoms with Crippen LogP contribution in [0.1, 0.15) is 23.7 Å². The maximum atomic E-state index is 13.7. The summed E-state index contributed by atoms with van der Waals surface area (Å²) >= 11 is 3.15. The van der Waals surface area contributed by atoms with Gasteiger partial charge in [-0.25, -0.2) is 4.39 Å². The molecule has 0 aromatic heterocycles. The van der Waals surface area contributed by atoms with Gasteiger partial charge >= 0.3 is 5.97 Å². The molecule has 114 valence electrons. The van der Waals surface area contributed by atoms with Crippen LogP contribution in [0.3, 0.4) is 0 Å². The molecule has 4 nitrogen and oxygen atoms in total. The smallest absolute Gasteiger partial charge is 0.310 e. The Morgan fingerprint density at radius 1 is 1.18 bits per heavy atom. The van der Waals surface area contributed by atoms with Crippen molar-refractivity contribution in [1.29, 1.82) is 0 Å². The fourth-order valence-electron chi connectivity index (χ4n) is 1.66. The molecule has 0 spiro atoms. The largest absolute Gasteiger partial charge is 0.427 e. The molecular weight excluding hydrogens is 353 g/mol. The second-order valence-electron chi connectivity index (χ2n) is 4.43. The molecule has 0 aliphatic carbocycles. The van der Waals surface area contributed by atoms with Crippen molar-refractivity contribution in [2.24, 2.45) is 0 Å². The van der Waals surface area contributed by atoms with Crippen molar-refractivity contribution in [2.45, 2.75) is 13.3 Å². The topological polar surface area (TPSA) is 55.4 Å². The van der Waals surface area contributed by atoms with Gasteiger partial charge in [-0.3, -0.25) is 9.59 Å². The third kappa shape index (κ3) is 4.14. The zero-order valence-electron chi connectivity index (χ0n) is 11.7. The van der Waals surface area contributed by atoms with Crippen molar-refractivity contribution in [3.05, 3.63) is 58.3 Å². The fourth-order valence-corrected chi connectivity index (χ4v) is 2.00. The third-order valence-electron chi connectivity index (χ3n) is 2.82. The molecule has 0 fully saturated rings. The van der Waals surface area contributed by atoms with Crippen molar-refractivity contribution < 1.29 is 18.7 Å². The molecule has 2 aromatic carbocycles. The maximum Gasteiger partial charge on any atom is 0.310 e. The van der Waals surface area contributed by atoms with E-state index in [0.717, 1.165) is 0 Å². The first kappa shape index (κ1) is 16.2. The molecule has 0 aliphatic rings. The SMILES string of the molecule is CCC(=O)Oc1ccc(C(=O)Nc2ccc(Br)cc2F)cc1. The number of carbonyl (C=O) groups is 2. The van der Waals surface area contributed by atoms with Crippen molar-refractivity contribution >= 4 is 33.5 Å². The first-order valence-electron chi connectivity index (χ1n) is 6.56. The highest BCUT2D eigenvalue weighted by Gasteiger charge is 2.10. The summed E-state index contributed by atoms with van der Waals surface area (Å²) in [4.78, 5) is 23.2. The molecule has 2 aromatic rings. The number of esters is 1. The lowest BCUT2D eigenvalue weighted by Gasteiger charge is -2.08. The second-order valence-corrected chi connectivity index (χ2v) is 5.35. The van der Waals surface area contributed by atoms with Crippen LogP contribution in [0.2, 0.25) is 0 Å². The molecule has 0 atom stereocenters. The highest BCUT2D eigenvalue weighted by Crippen LogP contribution is 2.20. The van der Waals surface area contributed by atoms with E-state index in [9.17, 15) is 14.0 Å². The van der Waals surface area contributed by atoms with Crippen molar-refractivity contribution in [3.8, 4) is 5.75 Å². The predicted molar refractivity (Wildman–Crippen MR) is 84.4 cm³/mol. The first-order valence-corrected chi connectivity index (χ1v) is 7.36. The van der Waals surface area contributed by atoms with Gasteiger partial charge in [0.15, 0.2) is 0 Å². The van der Waals surface area contributed by atoms with E-state index in [4.69, 9.17) is 4.74 Å². The molecule has 22 heavy (non-hydrogen) atoms. The number of rotatable bonds is 4. The summed E-state index contributed by atoms with van der Waals surface area (Å²) in [6, 6.07) is 10.4. The van der Waals surface area contributed by atoms with Crippen LogP contribution in [-0.2, 0) is 4.79 Å². The Morgan fingerprint density at radius 2 is 1.86 bits per heavy atom. The quantitative estimate of drug-likeness (QED) is 0.653. The number of nitrogens with one attached hydrogen (secondary N) is 1. The monoisotopic (exact) mass is 365 g/mol. The third-order valence-corrected chi connectivity index (χ3v) is 3.31. The van der Waals surface area contributed by atoms with Crippen LogP contribution >= 0.6 is 15.9 Å². The lowest BCUT2D eigenvalue weighted by molar-refractivity contribution is -0.134. The molecule has 0 radical (unpaired) electrons. The van der Waals surface area contributed by atoms with E-state index in [1.807, 2.05) is 0 Å². The van der Waals surface area contributed by atoms with Crippen molar-refractivity contribution in [3.63, 3.8) is 0 Å². The summed E-state index contributed by atoms with van der Waals surface area (Å²) in [6.07, 6.45) is 0.269. The van der Waals surface area contributed by atoms with Gasteiger partial charge in [0.2, 0.25) is 0 Å². The zero-order chi connectivity index (χ0) is 16.1. The Kier molecular flexibility index (Phi) is 5.27. The normalized spacial score (nSPS) is 10.1. The first-order chi connectivity index (χ1) is 10.5. The average Bonchev–Trinajstić information content (AvgIpc) is 2.50. The molecule has 2 rings (SSSR count). The van der Waals surface area contributed by atoms with E-state index in [1.54, 1.807) is 13.0 Å². The van der Waals surface area contributed by atoms with Crippen LogP contribution in [0.4, 0.5) is 10.1 Å². The number of anilines is 1. The van der Waals surface area contributed by atoms with Gasteiger partial charge in [-0.05, 0) is 42.5 Å². The number of halogens is 2. The van der Waals surface area contributed by atoms with Crippen LogP contribution in [0, 0.1) is 5.82 Å². The fraction of sp³-hybridized carbons (Fsp3) is 0.125. The number of ether oxygens (including phenoxy) is 1. The van der Waals surface area contributed by atoms with Gasteiger partial charge in [0.25, 0.3) is 5.91 Å². The lowest BCUT2D eigenvalue weighted by Crippen LogP contribution is -2.13. The van der Waals surface area contributed by atoms with Gasteiger partial charge in [-0.1, -0.05) is 22.9 Å². The predicted octanol–water partition coefficient (Wildman–Crippen LogP) is 4.16. The highest BCUT2D eigenvalue weighted by atomic mass is 79.9. The molecule has 6 heteroatoms. The van der Waals surface area contributed by atoms with E-state index >= 15 is 0 Å². The number of amides is 1. The number of benzene rings is 2. The van der Waals surface area contributed by atoms with Gasteiger partial charge in [0.1, 0.15) is 11.6 Å². The van der Waals surface area contributed by atoms with Crippen LogP contribution in [-0.4, -0.2) is 11.9 Å². The molecule has 1 amide bonds. The number of hydrogen-bond donors (Lipinski definition) is 1. The molecule has 0 saturated carbocycles. The summed E-state index contributed by atoms with van der Waals surface area (Å²) in [5.74, 6) is -0.974. The Morgan fingerprint density at radius 3 is 2.45 bits per heavy atom. The van der Waals surface area contributed by atoms with Gasteiger partial charge in [0, 0.05) is 16.5 Å². The molecule has 0 unspecified atom stereocenters. The van der Waals surface area contributed by atoms with E-state index in [2.05, 4.69) is 21.2 Å². The summed E-state index contributed by atoms with van der Waals surface area (Å²) in [5, 5.41) is 2.48.